The van der Waals surface area contributed by atoms with Crippen molar-refractivity contribution in [1.29, 1.82) is 0 Å². The zero-order chi connectivity index (χ0) is 21.4. The van der Waals surface area contributed by atoms with Gasteiger partial charge in [0.2, 0.25) is 11.8 Å². The molecule has 1 aromatic heterocycles. The van der Waals surface area contributed by atoms with Crippen molar-refractivity contribution in [2.24, 2.45) is 5.73 Å². The molecule has 154 valence electrons. The van der Waals surface area contributed by atoms with Gasteiger partial charge in [-0.15, -0.1) is 0 Å². The highest BCUT2D eigenvalue weighted by molar-refractivity contribution is 6.34. The van der Waals surface area contributed by atoms with Crippen LogP contribution in [0.3, 0.4) is 0 Å². The molecule has 0 radical (unpaired) electrons. The fourth-order valence-electron chi connectivity index (χ4n) is 3.76. The summed E-state index contributed by atoms with van der Waals surface area (Å²) >= 11 is 12.5. The molecule has 2 aromatic carbocycles. The number of carbonyl (C=O) groups is 2. The van der Waals surface area contributed by atoms with Crippen LogP contribution in [0.5, 0.6) is 0 Å². The van der Waals surface area contributed by atoms with E-state index in [0.29, 0.717) is 34.5 Å². The first kappa shape index (κ1) is 20.4. The van der Waals surface area contributed by atoms with Gasteiger partial charge in [-0.3, -0.25) is 9.59 Å². The summed E-state index contributed by atoms with van der Waals surface area (Å²) in [5, 5.41) is 2.00. The number of fused-ring (bicyclic) bond motifs is 1. The molecule has 0 aliphatic carbocycles. The Morgan fingerprint density at radius 3 is 2.50 bits per heavy atom. The van der Waals surface area contributed by atoms with Crippen LogP contribution in [0.4, 0.5) is 5.82 Å². The van der Waals surface area contributed by atoms with E-state index in [1.165, 1.54) is 18.2 Å². The Morgan fingerprint density at radius 2 is 1.83 bits per heavy atom. The number of nitrogens with two attached hydrogens (primary N) is 1. The van der Waals surface area contributed by atoms with Gasteiger partial charge in [-0.1, -0.05) is 35.3 Å². The molecule has 1 saturated heterocycles. The quantitative estimate of drug-likeness (QED) is 0.670. The first-order valence-electron chi connectivity index (χ1n) is 9.37. The van der Waals surface area contributed by atoms with Gasteiger partial charge < -0.3 is 15.5 Å². The minimum Gasteiger partial charge on any atom is -0.368 e. The third kappa shape index (κ3) is 3.78. The smallest absolute Gasteiger partial charge is 0.242 e. The number of nitrogens with zero attached hydrogens (tertiary/aromatic N) is 4. The lowest BCUT2D eigenvalue weighted by molar-refractivity contribution is -0.138. The lowest BCUT2D eigenvalue weighted by Gasteiger charge is -2.40. The molecule has 3 aromatic rings. The standard InChI is InChI=1S/C21H19Cl2N5O2/c1-12(29)28-7-6-27(10-19(28)20(24)30)21-16-8-15(13-2-4-14(22)5-3-13)17(23)9-18(16)25-11-26-21/h2-5,8-9,11,19H,6-7,10H2,1H3,(H2,24,30). The Bertz CT molecular complexity index is 1140. The van der Waals surface area contributed by atoms with Crippen molar-refractivity contribution in [2.75, 3.05) is 24.5 Å². The van der Waals surface area contributed by atoms with E-state index >= 15 is 0 Å². The third-order valence-electron chi connectivity index (χ3n) is 5.27. The van der Waals surface area contributed by atoms with E-state index in [1.807, 2.05) is 23.1 Å². The van der Waals surface area contributed by atoms with E-state index in [2.05, 4.69) is 9.97 Å². The first-order chi connectivity index (χ1) is 14.3. The molecule has 1 atom stereocenters. The zero-order valence-corrected chi connectivity index (χ0v) is 17.7. The van der Waals surface area contributed by atoms with E-state index in [-0.39, 0.29) is 12.5 Å². The van der Waals surface area contributed by atoms with Crippen molar-refractivity contribution in [1.82, 2.24) is 14.9 Å². The number of carbonyl (C=O) groups excluding carboxylic acids is 2. The number of primary amides is 1. The average Bonchev–Trinajstić information content (AvgIpc) is 2.73. The number of amides is 2. The highest BCUT2D eigenvalue weighted by Crippen LogP contribution is 2.35. The van der Waals surface area contributed by atoms with Crippen LogP contribution in [0.25, 0.3) is 22.0 Å². The average molecular weight is 444 g/mol. The summed E-state index contributed by atoms with van der Waals surface area (Å²) in [6, 6.07) is 10.4. The molecular weight excluding hydrogens is 425 g/mol. The highest BCUT2D eigenvalue weighted by Gasteiger charge is 2.33. The molecule has 0 spiro atoms. The molecule has 9 heteroatoms. The van der Waals surface area contributed by atoms with Gasteiger partial charge in [-0.25, -0.2) is 9.97 Å². The second-order valence-corrected chi connectivity index (χ2v) is 7.97. The minimum absolute atomic E-state index is 0.178. The molecule has 1 fully saturated rings. The van der Waals surface area contributed by atoms with Crippen LogP contribution in [0.15, 0.2) is 42.7 Å². The van der Waals surface area contributed by atoms with Gasteiger partial charge in [-0.2, -0.15) is 0 Å². The Balaban J connectivity index is 1.78. The molecule has 0 bridgehead atoms. The monoisotopic (exact) mass is 443 g/mol. The second-order valence-electron chi connectivity index (χ2n) is 7.13. The zero-order valence-electron chi connectivity index (χ0n) is 16.2. The van der Waals surface area contributed by atoms with E-state index in [9.17, 15) is 9.59 Å². The van der Waals surface area contributed by atoms with Gasteiger partial charge in [0.15, 0.2) is 0 Å². The number of hydrogen-bond acceptors (Lipinski definition) is 5. The minimum atomic E-state index is -0.718. The predicted octanol–water partition coefficient (Wildman–Crippen LogP) is 3.13. The number of hydrogen-bond donors (Lipinski definition) is 1. The summed E-state index contributed by atoms with van der Waals surface area (Å²) < 4.78 is 0. The van der Waals surface area contributed by atoms with Gasteiger partial charge >= 0.3 is 0 Å². The van der Waals surface area contributed by atoms with Gasteiger partial charge in [0, 0.05) is 42.5 Å². The second kappa shape index (κ2) is 8.08. The Hall–Kier alpha value is -2.90. The number of piperazine rings is 1. The predicted molar refractivity (Wildman–Crippen MR) is 118 cm³/mol. The molecule has 2 heterocycles. The van der Waals surface area contributed by atoms with Crippen LogP contribution >= 0.6 is 23.2 Å². The largest absolute Gasteiger partial charge is 0.368 e. The summed E-state index contributed by atoms with van der Waals surface area (Å²) in [6.07, 6.45) is 1.46. The number of rotatable bonds is 3. The fraction of sp³-hybridized carbons (Fsp3) is 0.238. The molecule has 1 unspecified atom stereocenters. The summed E-state index contributed by atoms with van der Waals surface area (Å²) in [6.45, 7) is 2.60. The van der Waals surface area contributed by atoms with Gasteiger partial charge in [0.1, 0.15) is 18.2 Å². The third-order valence-corrected chi connectivity index (χ3v) is 5.84. The van der Waals surface area contributed by atoms with Crippen LogP contribution in [-0.2, 0) is 9.59 Å². The summed E-state index contributed by atoms with van der Waals surface area (Å²) in [5.74, 6) is -0.0534. The number of anilines is 1. The topological polar surface area (TPSA) is 92.4 Å². The maximum Gasteiger partial charge on any atom is 0.242 e. The molecule has 2 amide bonds. The first-order valence-corrected chi connectivity index (χ1v) is 10.1. The lowest BCUT2D eigenvalue weighted by atomic mass is 10.0. The fourth-order valence-corrected chi connectivity index (χ4v) is 4.16. The van der Waals surface area contributed by atoms with Crippen molar-refractivity contribution in [3.8, 4) is 11.1 Å². The number of aromatic nitrogens is 2. The van der Waals surface area contributed by atoms with Gasteiger partial charge in [-0.05, 0) is 29.8 Å². The van der Waals surface area contributed by atoms with E-state index in [4.69, 9.17) is 28.9 Å². The summed E-state index contributed by atoms with van der Waals surface area (Å²) in [7, 11) is 0. The lowest BCUT2D eigenvalue weighted by Crippen LogP contribution is -2.59. The SMILES string of the molecule is CC(=O)N1CCN(c2ncnc3cc(Cl)c(-c4ccc(Cl)cc4)cc23)CC1C(N)=O. The van der Waals surface area contributed by atoms with Crippen molar-refractivity contribution >= 4 is 51.7 Å². The van der Waals surface area contributed by atoms with E-state index in [1.54, 1.807) is 18.2 Å². The Morgan fingerprint density at radius 1 is 1.10 bits per heavy atom. The molecule has 30 heavy (non-hydrogen) atoms. The molecule has 0 saturated carbocycles. The Kier molecular flexibility index (Phi) is 5.49. The number of halogens is 2. The molecule has 1 aliphatic rings. The molecule has 2 N–H and O–H groups in total. The maximum absolute atomic E-state index is 12.0. The Labute approximate surface area is 183 Å². The van der Waals surface area contributed by atoms with Crippen LogP contribution < -0.4 is 10.6 Å². The van der Waals surface area contributed by atoms with Crippen LogP contribution in [0.1, 0.15) is 6.92 Å². The van der Waals surface area contributed by atoms with E-state index in [0.717, 1.165) is 16.5 Å². The van der Waals surface area contributed by atoms with Crippen molar-refractivity contribution < 1.29 is 9.59 Å². The molecule has 4 rings (SSSR count). The van der Waals surface area contributed by atoms with Crippen molar-refractivity contribution in [3.05, 3.63) is 52.8 Å². The number of benzene rings is 2. The van der Waals surface area contributed by atoms with E-state index < -0.39 is 11.9 Å². The van der Waals surface area contributed by atoms with Crippen LogP contribution in [0, 0.1) is 0 Å². The maximum atomic E-state index is 12.0. The van der Waals surface area contributed by atoms with Gasteiger partial charge in [0.25, 0.3) is 0 Å². The van der Waals surface area contributed by atoms with Crippen LogP contribution in [0.2, 0.25) is 10.0 Å². The van der Waals surface area contributed by atoms with Crippen LogP contribution in [-0.4, -0.2) is 52.4 Å². The molecule has 1 aliphatic heterocycles. The van der Waals surface area contributed by atoms with Crippen molar-refractivity contribution in [2.45, 2.75) is 13.0 Å². The summed E-state index contributed by atoms with van der Waals surface area (Å²) in [5.41, 5.74) is 7.99. The highest BCUT2D eigenvalue weighted by atomic mass is 35.5. The molecular formula is C21H19Cl2N5O2. The molecule has 7 nitrogen and oxygen atoms in total. The van der Waals surface area contributed by atoms with Crippen molar-refractivity contribution in [3.63, 3.8) is 0 Å². The summed E-state index contributed by atoms with van der Waals surface area (Å²) in [4.78, 5) is 36.1. The normalized spacial score (nSPS) is 16.7. The van der Waals surface area contributed by atoms with Gasteiger partial charge in [0.05, 0.1) is 10.5 Å².